The molecule has 164 valence electrons. The molecule has 0 bridgehead atoms. The highest BCUT2D eigenvalue weighted by Crippen LogP contribution is 2.44. The second-order valence-corrected chi connectivity index (χ2v) is 7.85. The van der Waals surface area contributed by atoms with E-state index in [-0.39, 0.29) is 35.5 Å². The Morgan fingerprint density at radius 2 is 1.87 bits per heavy atom. The number of phenolic OH excluding ortho intramolecular Hbond substituents is 1. The fourth-order valence-electron chi connectivity index (χ4n) is 3.67. The highest BCUT2D eigenvalue weighted by molar-refractivity contribution is 14.0. The van der Waals surface area contributed by atoms with Gasteiger partial charge in [-0.2, -0.15) is 0 Å². The lowest BCUT2D eigenvalue weighted by molar-refractivity contribution is 0.0412. The Bertz CT molecular complexity index is 918. The number of hydrazine groups is 1. The van der Waals surface area contributed by atoms with E-state index in [0.29, 0.717) is 12.4 Å². The highest BCUT2D eigenvalue weighted by atomic mass is 127. The van der Waals surface area contributed by atoms with Crippen molar-refractivity contribution in [3.8, 4) is 17.2 Å². The van der Waals surface area contributed by atoms with Gasteiger partial charge in [-0.3, -0.25) is 10.8 Å². The number of aromatic hydroxyl groups is 1. The first-order valence-electron chi connectivity index (χ1n) is 9.80. The topological polar surface area (TPSA) is 113 Å². The molecule has 1 aliphatic heterocycles. The number of anilines is 1. The Balaban J connectivity index is 0.00000320. The molecule has 2 aromatic rings. The minimum Gasteiger partial charge on any atom is -0.507 e. The molecule has 1 atom stereocenters. The number of phenols is 1. The number of halogens is 1. The van der Waals surface area contributed by atoms with Gasteiger partial charge in [0.15, 0.2) is 0 Å². The molecule has 2 aromatic carbocycles. The number of hydrogen-bond acceptors (Lipinski definition) is 5. The van der Waals surface area contributed by atoms with Crippen molar-refractivity contribution >= 4 is 35.6 Å². The third-order valence-electron chi connectivity index (χ3n) is 5.76. The quantitative estimate of drug-likeness (QED) is 0.131. The molecule has 30 heavy (non-hydrogen) atoms. The molecule has 0 spiro atoms. The van der Waals surface area contributed by atoms with Crippen LogP contribution in [-0.4, -0.2) is 23.3 Å². The van der Waals surface area contributed by atoms with Gasteiger partial charge < -0.3 is 19.9 Å². The normalized spacial score (nSPS) is 17.2. The van der Waals surface area contributed by atoms with E-state index < -0.39 is 0 Å². The molecule has 0 aromatic heterocycles. The van der Waals surface area contributed by atoms with Crippen LogP contribution in [0.2, 0.25) is 0 Å². The summed E-state index contributed by atoms with van der Waals surface area (Å²) < 4.78 is 12.3. The number of fused-ring (bicyclic) bond motifs is 1. The van der Waals surface area contributed by atoms with Gasteiger partial charge >= 0.3 is 0 Å². The second kappa shape index (κ2) is 9.74. The molecule has 0 aliphatic carbocycles. The van der Waals surface area contributed by atoms with Crippen LogP contribution in [0.5, 0.6) is 17.2 Å². The van der Waals surface area contributed by atoms with Gasteiger partial charge in [-0.15, -0.1) is 24.0 Å². The predicted molar refractivity (Wildman–Crippen MR) is 130 cm³/mol. The van der Waals surface area contributed by atoms with Gasteiger partial charge in [-0.25, -0.2) is 5.84 Å². The van der Waals surface area contributed by atoms with Crippen LogP contribution in [0.3, 0.4) is 0 Å². The van der Waals surface area contributed by atoms with Gasteiger partial charge in [0.25, 0.3) is 0 Å². The second-order valence-electron chi connectivity index (χ2n) is 7.85. The van der Waals surface area contributed by atoms with Gasteiger partial charge in [-0.1, -0.05) is 0 Å². The van der Waals surface area contributed by atoms with Crippen molar-refractivity contribution in [3.05, 3.63) is 46.5 Å². The standard InChI is InChI=1S/C22H30N4O3.HI/c1-13-14(2)20-18(15(3)19(13)27)9-10-22(4,29-20)11-12-28-17-7-5-16(6-8-17)25-21(23)26-24;/h5-8,27H,9-12,24H2,1-4H3,(H3,23,25,26);1H. The Labute approximate surface area is 194 Å². The smallest absolute Gasteiger partial charge is 0.207 e. The van der Waals surface area contributed by atoms with E-state index in [1.165, 1.54) is 0 Å². The zero-order valence-corrected chi connectivity index (χ0v) is 20.2. The monoisotopic (exact) mass is 526 g/mol. The molecule has 3 rings (SSSR count). The molecule has 0 saturated carbocycles. The Kier molecular flexibility index (Phi) is 7.81. The summed E-state index contributed by atoms with van der Waals surface area (Å²) >= 11 is 0. The van der Waals surface area contributed by atoms with Crippen LogP contribution in [-0.2, 0) is 6.42 Å². The number of ether oxygens (including phenoxy) is 2. The summed E-state index contributed by atoms with van der Waals surface area (Å²) in [5.74, 6) is 7.26. The predicted octanol–water partition coefficient (Wildman–Crippen LogP) is 4.30. The molecule has 6 N–H and O–H groups in total. The lowest BCUT2D eigenvalue weighted by atomic mass is 9.86. The minimum atomic E-state index is -0.309. The fraction of sp³-hybridized carbons (Fsp3) is 0.409. The third-order valence-corrected chi connectivity index (χ3v) is 5.76. The van der Waals surface area contributed by atoms with E-state index >= 15 is 0 Å². The van der Waals surface area contributed by atoms with E-state index in [4.69, 9.17) is 20.7 Å². The van der Waals surface area contributed by atoms with Crippen LogP contribution < -0.4 is 26.1 Å². The Hall–Kier alpha value is -2.20. The zero-order valence-electron chi connectivity index (χ0n) is 17.9. The largest absolute Gasteiger partial charge is 0.507 e. The number of nitrogens with one attached hydrogen (secondary N) is 3. The van der Waals surface area contributed by atoms with Gasteiger partial charge in [0, 0.05) is 17.7 Å². The molecule has 8 heteroatoms. The van der Waals surface area contributed by atoms with Crippen molar-refractivity contribution in [2.45, 2.75) is 52.6 Å². The zero-order chi connectivity index (χ0) is 21.2. The van der Waals surface area contributed by atoms with Crippen molar-refractivity contribution in [1.82, 2.24) is 5.43 Å². The summed E-state index contributed by atoms with van der Waals surface area (Å²) in [4.78, 5) is 0. The van der Waals surface area contributed by atoms with Gasteiger partial charge in [-0.05, 0) is 81.5 Å². The number of guanidine groups is 1. The van der Waals surface area contributed by atoms with Crippen LogP contribution in [0.25, 0.3) is 0 Å². The average molecular weight is 526 g/mol. The molecule has 0 radical (unpaired) electrons. The average Bonchev–Trinajstić information content (AvgIpc) is 2.71. The SMILES string of the molecule is Cc1c(C)c2c(c(C)c1O)CCC(C)(CCOc1ccc(NC(=N)NN)cc1)O2.I. The van der Waals surface area contributed by atoms with Gasteiger partial charge in [0.05, 0.1) is 6.61 Å². The molecule has 0 amide bonds. The lowest BCUT2D eigenvalue weighted by Gasteiger charge is -2.38. The van der Waals surface area contributed by atoms with E-state index in [2.05, 4.69) is 17.7 Å². The van der Waals surface area contributed by atoms with Crippen LogP contribution in [0.15, 0.2) is 24.3 Å². The highest BCUT2D eigenvalue weighted by Gasteiger charge is 2.34. The summed E-state index contributed by atoms with van der Waals surface area (Å²) in [6, 6.07) is 7.37. The van der Waals surface area contributed by atoms with Crippen molar-refractivity contribution in [2.75, 3.05) is 11.9 Å². The van der Waals surface area contributed by atoms with Crippen LogP contribution in [0.1, 0.15) is 42.0 Å². The Morgan fingerprint density at radius 3 is 2.50 bits per heavy atom. The number of rotatable bonds is 5. The van der Waals surface area contributed by atoms with Gasteiger partial charge in [0.1, 0.15) is 22.8 Å². The third kappa shape index (κ3) is 5.10. The molecule has 1 unspecified atom stereocenters. The van der Waals surface area contributed by atoms with E-state index in [0.717, 1.165) is 58.7 Å². The molecular formula is C22H31IN4O3. The summed E-state index contributed by atoms with van der Waals surface area (Å²) in [5, 5.41) is 20.6. The maximum Gasteiger partial charge on any atom is 0.207 e. The summed E-state index contributed by atoms with van der Waals surface area (Å²) in [5.41, 5.74) is 6.61. The van der Waals surface area contributed by atoms with Crippen molar-refractivity contribution in [1.29, 1.82) is 5.41 Å². The summed E-state index contributed by atoms with van der Waals surface area (Å²) in [7, 11) is 0. The van der Waals surface area contributed by atoms with Crippen LogP contribution in [0.4, 0.5) is 5.69 Å². The van der Waals surface area contributed by atoms with E-state index in [9.17, 15) is 5.11 Å². The fourth-order valence-corrected chi connectivity index (χ4v) is 3.67. The van der Waals surface area contributed by atoms with Gasteiger partial charge in [0.2, 0.25) is 5.96 Å². The number of nitrogens with two attached hydrogens (primary N) is 1. The van der Waals surface area contributed by atoms with Crippen LogP contribution >= 0.6 is 24.0 Å². The van der Waals surface area contributed by atoms with Crippen LogP contribution in [0, 0.1) is 26.2 Å². The first-order valence-corrected chi connectivity index (χ1v) is 9.80. The molecular weight excluding hydrogens is 495 g/mol. The van der Waals surface area contributed by atoms with Crippen molar-refractivity contribution in [2.24, 2.45) is 5.84 Å². The van der Waals surface area contributed by atoms with Crippen molar-refractivity contribution in [3.63, 3.8) is 0 Å². The van der Waals surface area contributed by atoms with Crippen molar-refractivity contribution < 1.29 is 14.6 Å². The first kappa shape index (κ1) is 24.1. The Morgan fingerprint density at radius 1 is 1.20 bits per heavy atom. The lowest BCUT2D eigenvalue weighted by Crippen LogP contribution is -2.38. The molecule has 1 heterocycles. The first-order chi connectivity index (χ1) is 13.7. The maximum atomic E-state index is 10.3. The summed E-state index contributed by atoms with van der Waals surface area (Å²) in [6.07, 6.45) is 2.52. The summed E-state index contributed by atoms with van der Waals surface area (Å²) in [6.45, 7) is 8.55. The molecule has 0 saturated heterocycles. The van der Waals surface area contributed by atoms with E-state index in [1.807, 2.05) is 45.0 Å². The minimum absolute atomic E-state index is 0. The number of benzene rings is 2. The molecule has 0 fully saturated rings. The number of hydrogen-bond donors (Lipinski definition) is 5. The maximum absolute atomic E-state index is 10.3. The van der Waals surface area contributed by atoms with E-state index in [1.54, 1.807) is 0 Å². The molecule has 7 nitrogen and oxygen atoms in total. The molecule has 1 aliphatic rings.